The minimum atomic E-state index is -3.27. The number of rotatable bonds is 3. The van der Waals surface area contributed by atoms with Gasteiger partial charge in [-0.1, -0.05) is 18.2 Å². The molecular weight excluding hydrogens is 368 g/mol. The van der Waals surface area contributed by atoms with E-state index in [9.17, 15) is 13.2 Å². The van der Waals surface area contributed by atoms with E-state index in [-0.39, 0.29) is 11.9 Å². The molecule has 2 aromatic rings. The summed E-state index contributed by atoms with van der Waals surface area (Å²) in [6, 6.07) is 13.5. The normalized spacial score (nSPS) is 19.0. The summed E-state index contributed by atoms with van der Waals surface area (Å²) in [5, 5.41) is 3.14. The lowest BCUT2D eigenvalue weighted by atomic mass is 10.0. The number of carbonyl (C=O) groups excluding carboxylic acids is 1. The van der Waals surface area contributed by atoms with Crippen molar-refractivity contribution in [3.63, 3.8) is 0 Å². The molecule has 2 aromatic carbocycles. The number of carbonyl (C=O) groups is 1. The molecule has 0 spiro atoms. The van der Waals surface area contributed by atoms with Crippen molar-refractivity contribution in [1.29, 1.82) is 0 Å². The Morgan fingerprint density at radius 2 is 2.04 bits per heavy atom. The van der Waals surface area contributed by atoms with Gasteiger partial charge in [0.1, 0.15) is 0 Å². The number of nitrogens with one attached hydrogen (secondary N) is 1. The van der Waals surface area contributed by atoms with Gasteiger partial charge >= 0.3 is 0 Å². The standard InChI is InChI=1S/C19H20N2O3S2/c1-26(23,24)21-10-8-13-12-14(6-7-17(13)21)19(22)20-16-9-11-25-18-5-3-2-4-15(16)18/h2-7,12,16H,8-11H2,1H3,(H,20,22)/t16-/m0/s1. The van der Waals surface area contributed by atoms with E-state index in [1.54, 1.807) is 12.1 Å². The third kappa shape index (κ3) is 3.21. The number of amides is 1. The van der Waals surface area contributed by atoms with Crippen molar-refractivity contribution < 1.29 is 13.2 Å². The van der Waals surface area contributed by atoms with Gasteiger partial charge in [0.25, 0.3) is 5.91 Å². The molecule has 0 aromatic heterocycles. The molecule has 0 saturated heterocycles. The number of anilines is 1. The number of nitrogens with zero attached hydrogens (tertiary/aromatic N) is 1. The number of hydrogen-bond donors (Lipinski definition) is 1. The zero-order chi connectivity index (χ0) is 18.3. The van der Waals surface area contributed by atoms with E-state index in [0.717, 1.165) is 17.7 Å². The minimum absolute atomic E-state index is 0.0146. The second-order valence-electron chi connectivity index (χ2n) is 6.63. The second-order valence-corrected chi connectivity index (χ2v) is 9.67. The van der Waals surface area contributed by atoms with E-state index < -0.39 is 10.0 Å². The Labute approximate surface area is 157 Å². The summed E-state index contributed by atoms with van der Waals surface area (Å²) >= 11 is 1.82. The van der Waals surface area contributed by atoms with Crippen LogP contribution in [-0.2, 0) is 16.4 Å². The Kier molecular flexibility index (Phi) is 4.44. The van der Waals surface area contributed by atoms with Crippen LogP contribution in [0.15, 0.2) is 47.4 Å². The zero-order valence-corrected chi connectivity index (χ0v) is 16.1. The van der Waals surface area contributed by atoms with Crippen molar-refractivity contribution in [2.45, 2.75) is 23.8 Å². The highest BCUT2D eigenvalue weighted by Gasteiger charge is 2.27. The van der Waals surface area contributed by atoms with Gasteiger partial charge in [0.05, 0.1) is 18.0 Å². The predicted octanol–water partition coefficient (Wildman–Crippen LogP) is 2.98. The summed E-state index contributed by atoms with van der Waals surface area (Å²) in [4.78, 5) is 14.0. The fraction of sp³-hybridized carbons (Fsp3) is 0.316. The van der Waals surface area contributed by atoms with Gasteiger partial charge in [-0.25, -0.2) is 8.42 Å². The number of fused-ring (bicyclic) bond motifs is 2. The lowest BCUT2D eigenvalue weighted by molar-refractivity contribution is 0.0935. The average molecular weight is 389 g/mol. The number of thioether (sulfide) groups is 1. The van der Waals surface area contributed by atoms with Crippen LogP contribution in [0.25, 0.3) is 0 Å². The van der Waals surface area contributed by atoms with Crippen molar-refractivity contribution in [1.82, 2.24) is 5.32 Å². The van der Waals surface area contributed by atoms with Crippen LogP contribution in [0.4, 0.5) is 5.69 Å². The monoisotopic (exact) mass is 388 g/mol. The highest BCUT2D eigenvalue weighted by atomic mass is 32.2. The van der Waals surface area contributed by atoms with Crippen molar-refractivity contribution in [3.8, 4) is 0 Å². The molecule has 26 heavy (non-hydrogen) atoms. The molecule has 0 fully saturated rings. The summed E-state index contributed by atoms with van der Waals surface area (Å²) in [7, 11) is -3.27. The summed E-state index contributed by atoms with van der Waals surface area (Å²) in [5.74, 6) is 0.868. The van der Waals surface area contributed by atoms with Gasteiger partial charge < -0.3 is 5.32 Å². The van der Waals surface area contributed by atoms with E-state index in [1.165, 1.54) is 21.0 Å². The Balaban J connectivity index is 1.56. The molecule has 1 amide bonds. The SMILES string of the molecule is CS(=O)(=O)N1CCc2cc(C(=O)N[C@H]3CCSc4ccccc43)ccc21. The average Bonchev–Trinajstić information content (AvgIpc) is 3.05. The maximum absolute atomic E-state index is 12.8. The largest absolute Gasteiger partial charge is 0.345 e. The zero-order valence-electron chi connectivity index (χ0n) is 14.4. The molecule has 2 heterocycles. The molecule has 0 aliphatic carbocycles. The molecule has 1 N–H and O–H groups in total. The molecule has 0 saturated carbocycles. The first-order valence-electron chi connectivity index (χ1n) is 8.57. The van der Waals surface area contributed by atoms with Gasteiger partial charge in [0, 0.05) is 22.8 Å². The van der Waals surface area contributed by atoms with Crippen LogP contribution < -0.4 is 9.62 Å². The predicted molar refractivity (Wildman–Crippen MR) is 104 cm³/mol. The Hall–Kier alpha value is -1.99. The number of sulfonamides is 1. The highest BCUT2D eigenvalue weighted by Crippen LogP contribution is 2.36. The van der Waals surface area contributed by atoms with Gasteiger partial charge in [-0.3, -0.25) is 9.10 Å². The van der Waals surface area contributed by atoms with Crippen LogP contribution in [0.2, 0.25) is 0 Å². The lowest BCUT2D eigenvalue weighted by Gasteiger charge is -2.26. The lowest BCUT2D eigenvalue weighted by Crippen LogP contribution is -2.30. The first-order chi connectivity index (χ1) is 12.4. The number of benzene rings is 2. The minimum Gasteiger partial charge on any atom is -0.345 e. The highest BCUT2D eigenvalue weighted by molar-refractivity contribution is 7.99. The quantitative estimate of drug-likeness (QED) is 0.878. The van der Waals surface area contributed by atoms with Gasteiger partial charge in [-0.05, 0) is 48.2 Å². The Bertz CT molecular complexity index is 972. The summed E-state index contributed by atoms with van der Waals surface area (Å²) < 4.78 is 25.1. The van der Waals surface area contributed by atoms with Crippen LogP contribution in [0.3, 0.4) is 0 Å². The topological polar surface area (TPSA) is 66.5 Å². The van der Waals surface area contributed by atoms with E-state index in [4.69, 9.17) is 0 Å². The molecule has 0 unspecified atom stereocenters. The second kappa shape index (κ2) is 6.63. The number of hydrogen-bond acceptors (Lipinski definition) is 4. The molecular formula is C19H20N2O3S2. The van der Waals surface area contributed by atoms with Crippen molar-refractivity contribution in [3.05, 3.63) is 59.2 Å². The van der Waals surface area contributed by atoms with Crippen molar-refractivity contribution >= 4 is 33.4 Å². The molecule has 2 aliphatic heterocycles. The molecule has 7 heteroatoms. The molecule has 4 rings (SSSR count). The van der Waals surface area contributed by atoms with E-state index in [0.29, 0.717) is 24.2 Å². The molecule has 1 atom stereocenters. The van der Waals surface area contributed by atoms with Crippen molar-refractivity contribution in [2.75, 3.05) is 22.9 Å². The van der Waals surface area contributed by atoms with Gasteiger partial charge in [-0.2, -0.15) is 0 Å². The molecule has 5 nitrogen and oxygen atoms in total. The van der Waals surface area contributed by atoms with E-state index in [1.807, 2.05) is 30.0 Å². The first-order valence-corrected chi connectivity index (χ1v) is 11.4. The van der Waals surface area contributed by atoms with Gasteiger partial charge in [0.15, 0.2) is 0 Å². The Morgan fingerprint density at radius 3 is 2.85 bits per heavy atom. The molecule has 2 aliphatic rings. The molecule has 0 bridgehead atoms. The molecule has 136 valence electrons. The summed E-state index contributed by atoms with van der Waals surface area (Å²) in [5.41, 5.74) is 3.34. The fourth-order valence-corrected chi connectivity index (χ4v) is 5.67. The summed E-state index contributed by atoms with van der Waals surface area (Å²) in [6.45, 7) is 0.437. The van der Waals surface area contributed by atoms with Crippen LogP contribution in [0.5, 0.6) is 0 Å². The summed E-state index contributed by atoms with van der Waals surface area (Å²) in [6.07, 6.45) is 2.74. The van der Waals surface area contributed by atoms with Crippen LogP contribution >= 0.6 is 11.8 Å². The van der Waals surface area contributed by atoms with E-state index >= 15 is 0 Å². The van der Waals surface area contributed by atoms with Gasteiger partial charge in [0.2, 0.25) is 10.0 Å². The maximum atomic E-state index is 12.8. The third-order valence-corrected chi connectivity index (χ3v) is 7.16. The third-order valence-electron chi connectivity index (χ3n) is 4.86. The first kappa shape index (κ1) is 17.4. The fourth-order valence-electron chi connectivity index (χ4n) is 3.59. The molecule has 0 radical (unpaired) electrons. The van der Waals surface area contributed by atoms with Crippen LogP contribution in [0, 0.1) is 0 Å². The van der Waals surface area contributed by atoms with Gasteiger partial charge in [-0.15, -0.1) is 11.8 Å². The van der Waals surface area contributed by atoms with Crippen molar-refractivity contribution in [2.24, 2.45) is 0 Å². The maximum Gasteiger partial charge on any atom is 0.251 e. The van der Waals surface area contributed by atoms with E-state index in [2.05, 4.69) is 17.4 Å². The van der Waals surface area contributed by atoms with Crippen LogP contribution in [0.1, 0.15) is 33.9 Å². The van der Waals surface area contributed by atoms with Crippen LogP contribution in [-0.4, -0.2) is 32.9 Å². The smallest absolute Gasteiger partial charge is 0.251 e. The Morgan fingerprint density at radius 1 is 1.23 bits per heavy atom.